The molecule has 0 rings (SSSR count). The largest absolute Gasteiger partial charge is 0.481 e. The summed E-state index contributed by atoms with van der Waals surface area (Å²) >= 11 is 0. The second-order valence-electron chi connectivity index (χ2n) is 7.27. The van der Waals surface area contributed by atoms with E-state index < -0.39 is 5.97 Å². The van der Waals surface area contributed by atoms with E-state index in [2.05, 4.69) is 20.8 Å². The van der Waals surface area contributed by atoms with Gasteiger partial charge in [-0.25, -0.2) is 0 Å². The standard InChI is InChI=1S/C15H29NO3/c1-14(2,3)10-11-16(15(4,5)6)12(17)8-7-9-13(18)19/h7-11H2,1-6H3,(H,18,19). The molecule has 0 radical (unpaired) electrons. The summed E-state index contributed by atoms with van der Waals surface area (Å²) in [4.78, 5) is 24.6. The van der Waals surface area contributed by atoms with Crippen molar-refractivity contribution in [1.82, 2.24) is 4.90 Å². The van der Waals surface area contributed by atoms with Crippen LogP contribution in [0.5, 0.6) is 0 Å². The number of carbonyl (C=O) groups is 2. The Kier molecular flexibility index (Phi) is 6.53. The Morgan fingerprint density at radius 1 is 1.00 bits per heavy atom. The first-order valence-corrected chi connectivity index (χ1v) is 6.96. The highest BCUT2D eigenvalue weighted by atomic mass is 16.4. The topological polar surface area (TPSA) is 57.6 Å². The minimum absolute atomic E-state index is 0.0537. The number of hydrogen-bond acceptors (Lipinski definition) is 2. The van der Waals surface area contributed by atoms with Crippen molar-refractivity contribution in [1.29, 1.82) is 0 Å². The lowest BCUT2D eigenvalue weighted by Crippen LogP contribution is -2.46. The number of rotatable bonds is 6. The molecule has 0 aliphatic carbocycles. The normalized spacial score (nSPS) is 12.3. The lowest BCUT2D eigenvalue weighted by Gasteiger charge is -2.37. The second-order valence-corrected chi connectivity index (χ2v) is 7.27. The number of hydrogen-bond donors (Lipinski definition) is 1. The Balaban J connectivity index is 4.50. The van der Waals surface area contributed by atoms with Gasteiger partial charge >= 0.3 is 5.97 Å². The molecule has 0 aromatic rings. The lowest BCUT2D eigenvalue weighted by atomic mass is 9.91. The van der Waals surface area contributed by atoms with Gasteiger partial charge in [0.05, 0.1) is 0 Å². The highest BCUT2D eigenvalue weighted by Crippen LogP contribution is 2.23. The van der Waals surface area contributed by atoms with Gasteiger partial charge in [-0.2, -0.15) is 0 Å². The van der Waals surface area contributed by atoms with E-state index in [-0.39, 0.29) is 23.3 Å². The van der Waals surface area contributed by atoms with Gasteiger partial charge in [0.25, 0.3) is 0 Å². The highest BCUT2D eigenvalue weighted by Gasteiger charge is 2.27. The van der Waals surface area contributed by atoms with E-state index in [1.165, 1.54) is 0 Å². The van der Waals surface area contributed by atoms with Gasteiger partial charge in [-0.1, -0.05) is 20.8 Å². The number of carboxylic acids is 1. The van der Waals surface area contributed by atoms with E-state index in [1.807, 2.05) is 25.7 Å². The molecule has 0 atom stereocenters. The molecular formula is C15H29NO3. The molecule has 4 heteroatoms. The maximum atomic E-state index is 12.2. The van der Waals surface area contributed by atoms with Crippen LogP contribution in [0.3, 0.4) is 0 Å². The minimum Gasteiger partial charge on any atom is -0.481 e. The van der Waals surface area contributed by atoms with E-state index in [0.717, 1.165) is 13.0 Å². The van der Waals surface area contributed by atoms with Crippen molar-refractivity contribution in [3.8, 4) is 0 Å². The summed E-state index contributed by atoms with van der Waals surface area (Å²) in [7, 11) is 0. The van der Waals surface area contributed by atoms with Crippen LogP contribution in [0.1, 0.15) is 67.2 Å². The van der Waals surface area contributed by atoms with Gasteiger partial charge < -0.3 is 10.0 Å². The summed E-state index contributed by atoms with van der Waals surface area (Å²) in [6.07, 6.45) is 1.72. The molecule has 0 spiro atoms. The van der Waals surface area contributed by atoms with Crippen molar-refractivity contribution in [3.63, 3.8) is 0 Å². The van der Waals surface area contributed by atoms with Crippen LogP contribution < -0.4 is 0 Å². The van der Waals surface area contributed by atoms with Gasteiger partial charge in [0.15, 0.2) is 0 Å². The SMILES string of the molecule is CC(C)(C)CCN(C(=O)CCCC(=O)O)C(C)(C)C. The third kappa shape index (κ3) is 8.62. The summed E-state index contributed by atoms with van der Waals surface area (Å²) in [5.41, 5.74) is -0.0313. The average Bonchev–Trinajstić information content (AvgIpc) is 2.12. The molecule has 0 heterocycles. The highest BCUT2D eigenvalue weighted by molar-refractivity contribution is 5.77. The fraction of sp³-hybridized carbons (Fsp3) is 0.867. The lowest BCUT2D eigenvalue weighted by molar-refractivity contribution is -0.138. The molecule has 1 amide bonds. The van der Waals surface area contributed by atoms with Gasteiger partial charge in [-0.05, 0) is 39.0 Å². The van der Waals surface area contributed by atoms with Crippen LogP contribution >= 0.6 is 0 Å². The molecular weight excluding hydrogens is 242 g/mol. The first-order chi connectivity index (χ1) is 8.43. The molecule has 0 saturated carbocycles. The number of aliphatic carboxylic acids is 1. The maximum absolute atomic E-state index is 12.2. The van der Waals surface area contributed by atoms with E-state index in [9.17, 15) is 9.59 Å². The van der Waals surface area contributed by atoms with Crippen molar-refractivity contribution in [2.45, 2.75) is 72.8 Å². The van der Waals surface area contributed by atoms with Crippen LogP contribution in [0.4, 0.5) is 0 Å². The van der Waals surface area contributed by atoms with Crippen LogP contribution in [0, 0.1) is 5.41 Å². The Labute approximate surface area is 117 Å². The Hall–Kier alpha value is -1.06. The van der Waals surface area contributed by atoms with Gasteiger partial charge in [0, 0.05) is 24.9 Å². The third-order valence-electron chi connectivity index (χ3n) is 2.98. The van der Waals surface area contributed by atoms with Gasteiger partial charge in [-0.15, -0.1) is 0 Å². The smallest absolute Gasteiger partial charge is 0.303 e. The fourth-order valence-corrected chi connectivity index (χ4v) is 1.81. The molecule has 0 fully saturated rings. The van der Waals surface area contributed by atoms with Crippen LogP contribution in [-0.2, 0) is 9.59 Å². The summed E-state index contributed by atoms with van der Waals surface area (Å²) in [5.74, 6) is -0.789. The molecule has 0 bridgehead atoms. The summed E-state index contributed by atoms with van der Waals surface area (Å²) in [6.45, 7) is 13.2. The summed E-state index contributed by atoms with van der Waals surface area (Å²) < 4.78 is 0. The molecule has 0 saturated heterocycles. The zero-order valence-electron chi connectivity index (χ0n) is 13.2. The van der Waals surface area contributed by atoms with Crippen molar-refractivity contribution < 1.29 is 14.7 Å². The van der Waals surface area contributed by atoms with Crippen LogP contribution in [0.25, 0.3) is 0 Å². The van der Waals surface area contributed by atoms with Gasteiger partial charge in [-0.3, -0.25) is 9.59 Å². The molecule has 0 unspecified atom stereocenters. The summed E-state index contributed by atoms with van der Waals surface area (Å²) in [5, 5.41) is 8.61. The van der Waals surface area contributed by atoms with Crippen molar-refractivity contribution in [2.24, 2.45) is 5.41 Å². The molecule has 1 N–H and O–H groups in total. The maximum Gasteiger partial charge on any atom is 0.303 e. The number of carboxylic acid groups (broad SMARTS) is 1. The number of carbonyl (C=O) groups excluding carboxylic acids is 1. The summed E-state index contributed by atoms with van der Waals surface area (Å²) in [6, 6.07) is 0. The minimum atomic E-state index is -0.843. The average molecular weight is 271 g/mol. The fourth-order valence-electron chi connectivity index (χ4n) is 1.81. The van der Waals surface area contributed by atoms with E-state index in [0.29, 0.717) is 12.8 Å². The Morgan fingerprint density at radius 3 is 1.89 bits per heavy atom. The number of amides is 1. The molecule has 0 aromatic heterocycles. The van der Waals surface area contributed by atoms with Gasteiger partial charge in [0.1, 0.15) is 0 Å². The molecule has 0 aromatic carbocycles. The predicted molar refractivity (Wildman–Crippen MR) is 77.0 cm³/mol. The van der Waals surface area contributed by atoms with Crippen LogP contribution in [0.15, 0.2) is 0 Å². The third-order valence-corrected chi connectivity index (χ3v) is 2.98. The monoisotopic (exact) mass is 271 g/mol. The van der Waals surface area contributed by atoms with Gasteiger partial charge in [0.2, 0.25) is 5.91 Å². The first-order valence-electron chi connectivity index (χ1n) is 6.96. The van der Waals surface area contributed by atoms with Crippen LogP contribution in [0.2, 0.25) is 0 Å². The first kappa shape index (κ1) is 17.9. The molecule has 0 aliphatic heterocycles. The zero-order valence-corrected chi connectivity index (χ0v) is 13.2. The second kappa shape index (κ2) is 6.92. The number of nitrogens with zero attached hydrogens (tertiary/aromatic N) is 1. The quantitative estimate of drug-likeness (QED) is 0.806. The molecule has 4 nitrogen and oxygen atoms in total. The van der Waals surface area contributed by atoms with Crippen molar-refractivity contribution in [3.05, 3.63) is 0 Å². The van der Waals surface area contributed by atoms with Crippen molar-refractivity contribution in [2.75, 3.05) is 6.54 Å². The molecule has 112 valence electrons. The predicted octanol–water partition coefficient (Wildman–Crippen LogP) is 3.30. The van der Waals surface area contributed by atoms with Crippen molar-refractivity contribution >= 4 is 11.9 Å². The molecule has 0 aliphatic rings. The Bertz CT molecular complexity index is 310. The van der Waals surface area contributed by atoms with Crippen LogP contribution in [-0.4, -0.2) is 34.0 Å². The Morgan fingerprint density at radius 2 is 1.53 bits per heavy atom. The van der Waals surface area contributed by atoms with E-state index in [4.69, 9.17) is 5.11 Å². The van der Waals surface area contributed by atoms with E-state index in [1.54, 1.807) is 0 Å². The molecule has 19 heavy (non-hydrogen) atoms. The zero-order chi connectivity index (χ0) is 15.3. The van der Waals surface area contributed by atoms with E-state index >= 15 is 0 Å².